The minimum atomic E-state index is -0.350. The molecule has 0 radical (unpaired) electrons. The molecule has 2 atom stereocenters. The third-order valence-electron chi connectivity index (χ3n) is 3.67. The van der Waals surface area contributed by atoms with Gasteiger partial charge in [0.15, 0.2) is 6.10 Å². The first kappa shape index (κ1) is 14.2. The second-order valence-electron chi connectivity index (χ2n) is 5.02. The Hall–Kier alpha value is -1.26. The van der Waals surface area contributed by atoms with Crippen molar-refractivity contribution in [1.82, 2.24) is 10.6 Å². The SMILES string of the molecule is Cl.O=C(NCC1CCNC1)C1Cc2ccccc2O1. The molecule has 0 aromatic heterocycles. The lowest BCUT2D eigenvalue weighted by atomic mass is 10.1. The van der Waals surface area contributed by atoms with Crippen LogP contribution < -0.4 is 15.4 Å². The van der Waals surface area contributed by atoms with E-state index in [1.807, 2.05) is 24.3 Å². The Bertz CT molecular complexity index is 422. The molecule has 1 aromatic rings. The molecule has 0 aliphatic carbocycles. The summed E-state index contributed by atoms with van der Waals surface area (Å²) in [4.78, 5) is 12.0. The second kappa shape index (κ2) is 6.26. The van der Waals surface area contributed by atoms with Crippen molar-refractivity contribution in [3.8, 4) is 5.75 Å². The van der Waals surface area contributed by atoms with Gasteiger partial charge in [-0.25, -0.2) is 0 Å². The van der Waals surface area contributed by atoms with Crippen molar-refractivity contribution in [2.24, 2.45) is 5.92 Å². The molecule has 0 bridgehead atoms. The van der Waals surface area contributed by atoms with E-state index in [-0.39, 0.29) is 24.4 Å². The van der Waals surface area contributed by atoms with E-state index in [2.05, 4.69) is 10.6 Å². The Labute approximate surface area is 119 Å². The van der Waals surface area contributed by atoms with Gasteiger partial charge >= 0.3 is 0 Å². The molecule has 0 saturated carbocycles. The average Bonchev–Trinajstić information content (AvgIpc) is 3.04. The monoisotopic (exact) mass is 282 g/mol. The smallest absolute Gasteiger partial charge is 0.261 e. The van der Waals surface area contributed by atoms with Crippen LogP contribution >= 0.6 is 12.4 Å². The number of amides is 1. The summed E-state index contributed by atoms with van der Waals surface area (Å²) in [7, 11) is 0. The molecule has 2 unspecified atom stereocenters. The standard InChI is InChI=1S/C14H18N2O2.ClH/c17-14(16-9-10-5-6-15-8-10)13-7-11-3-1-2-4-12(11)18-13;/h1-4,10,13,15H,5-9H2,(H,16,17);1H. The zero-order valence-corrected chi connectivity index (χ0v) is 11.5. The molecular formula is C14H19ClN2O2. The number of rotatable bonds is 3. The van der Waals surface area contributed by atoms with E-state index in [1.54, 1.807) is 0 Å². The lowest BCUT2D eigenvalue weighted by Gasteiger charge is -2.14. The molecule has 1 aromatic carbocycles. The Morgan fingerprint density at radius 1 is 1.42 bits per heavy atom. The first-order valence-corrected chi connectivity index (χ1v) is 6.56. The maximum atomic E-state index is 12.0. The van der Waals surface area contributed by atoms with Crippen molar-refractivity contribution in [3.63, 3.8) is 0 Å². The first-order chi connectivity index (χ1) is 8.83. The minimum absolute atomic E-state index is 0. The maximum absolute atomic E-state index is 12.0. The largest absolute Gasteiger partial charge is 0.480 e. The third-order valence-corrected chi connectivity index (χ3v) is 3.67. The molecule has 2 N–H and O–H groups in total. The van der Waals surface area contributed by atoms with E-state index >= 15 is 0 Å². The molecule has 2 aliphatic rings. The summed E-state index contributed by atoms with van der Waals surface area (Å²) >= 11 is 0. The summed E-state index contributed by atoms with van der Waals surface area (Å²) in [6.45, 7) is 2.82. The number of para-hydroxylation sites is 1. The van der Waals surface area contributed by atoms with Gasteiger partial charge in [-0.3, -0.25) is 4.79 Å². The molecule has 104 valence electrons. The number of fused-ring (bicyclic) bond motifs is 1. The van der Waals surface area contributed by atoms with Crippen LogP contribution in [0.5, 0.6) is 5.75 Å². The van der Waals surface area contributed by atoms with Gasteiger partial charge in [0.1, 0.15) is 5.75 Å². The van der Waals surface area contributed by atoms with E-state index in [4.69, 9.17) is 4.74 Å². The summed E-state index contributed by atoms with van der Waals surface area (Å²) in [5.41, 5.74) is 1.13. The number of halogens is 1. The summed E-state index contributed by atoms with van der Waals surface area (Å²) < 4.78 is 5.66. The molecule has 1 saturated heterocycles. The molecule has 2 aliphatic heterocycles. The second-order valence-corrected chi connectivity index (χ2v) is 5.02. The van der Waals surface area contributed by atoms with Gasteiger partial charge in [0.2, 0.25) is 0 Å². The van der Waals surface area contributed by atoms with Gasteiger partial charge in [-0.1, -0.05) is 18.2 Å². The average molecular weight is 283 g/mol. The summed E-state index contributed by atoms with van der Waals surface area (Å²) in [6.07, 6.45) is 1.48. The van der Waals surface area contributed by atoms with Crippen LogP contribution in [-0.4, -0.2) is 31.6 Å². The van der Waals surface area contributed by atoms with Gasteiger partial charge in [0, 0.05) is 13.0 Å². The number of nitrogens with one attached hydrogen (secondary N) is 2. The first-order valence-electron chi connectivity index (χ1n) is 6.56. The zero-order chi connectivity index (χ0) is 12.4. The highest BCUT2D eigenvalue weighted by Crippen LogP contribution is 2.28. The van der Waals surface area contributed by atoms with Crippen LogP contribution in [0.15, 0.2) is 24.3 Å². The van der Waals surface area contributed by atoms with Gasteiger partial charge in [0.25, 0.3) is 5.91 Å². The van der Waals surface area contributed by atoms with Crippen LogP contribution in [0.3, 0.4) is 0 Å². The number of ether oxygens (including phenoxy) is 1. The normalized spacial score (nSPS) is 24.2. The Morgan fingerprint density at radius 3 is 3.00 bits per heavy atom. The topological polar surface area (TPSA) is 50.4 Å². The van der Waals surface area contributed by atoms with E-state index in [1.165, 1.54) is 0 Å². The van der Waals surface area contributed by atoms with E-state index in [0.29, 0.717) is 12.3 Å². The van der Waals surface area contributed by atoms with Crippen LogP contribution in [0.4, 0.5) is 0 Å². The van der Waals surface area contributed by atoms with Gasteiger partial charge < -0.3 is 15.4 Å². The Balaban J connectivity index is 0.00000133. The van der Waals surface area contributed by atoms with Crippen LogP contribution in [0.25, 0.3) is 0 Å². The summed E-state index contributed by atoms with van der Waals surface area (Å²) in [6, 6.07) is 7.85. The molecule has 2 heterocycles. The van der Waals surface area contributed by atoms with Crippen molar-refractivity contribution in [2.75, 3.05) is 19.6 Å². The molecular weight excluding hydrogens is 264 g/mol. The van der Waals surface area contributed by atoms with Crippen LogP contribution in [0.1, 0.15) is 12.0 Å². The molecule has 1 amide bonds. The van der Waals surface area contributed by atoms with E-state index < -0.39 is 0 Å². The fourth-order valence-corrected chi connectivity index (χ4v) is 2.58. The van der Waals surface area contributed by atoms with Crippen molar-refractivity contribution in [3.05, 3.63) is 29.8 Å². The third kappa shape index (κ3) is 3.19. The van der Waals surface area contributed by atoms with E-state index in [9.17, 15) is 4.79 Å². The molecule has 1 fully saturated rings. The summed E-state index contributed by atoms with van der Waals surface area (Å²) in [5, 5.41) is 6.29. The van der Waals surface area contributed by atoms with Crippen LogP contribution in [0, 0.1) is 5.92 Å². The highest BCUT2D eigenvalue weighted by Gasteiger charge is 2.29. The van der Waals surface area contributed by atoms with Gasteiger partial charge in [-0.2, -0.15) is 0 Å². The number of carbonyl (C=O) groups is 1. The zero-order valence-electron chi connectivity index (χ0n) is 10.7. The highest BCUT2D eigenvalue weighted by atomic mass is 35.5. The molecule has 4 nitrogen and oxygen atoms in total. The Kier molecular flexibility index (Phi) is 4.66. The minimum Gasteiger partial charge on any atom is -0.480 e. The molecule has 3 rings (SSSR count). The molecule has 19 heavy (non-hydrogen) atoms. The highest BCUT2D eigenvalue weighted by molar-refractivity contribution is 5.85. The predicted molar refractivity (Wildman–Crippen MR) is 75.8 cm³/mol. The van der Waals surface area contributed by atoms with E-state index in [0.717, 1.165) is 37.4 Å². The maximum Gasteiger partial charge on any atom is 0.261 e. The number of carbonyl (C=O) groups excluding carboxylic acids is 1. The summed E-state index contributed by atoms with van der Waals surface area (Å²) in [5.74, 6) is 1.43. The van der Waals surface area contributed by atoms with Crippen molar-refractivity contribution < 1.29 is 9.53 Å². The lowest BCUT2D eigenvalue weighted by molar-refractivity contribution is -0.127. The number of hydrogen-bond acceptors (Lipinski definition) is 3. The Morgan fingerprint density at radius 2 is 2.26 bits per heavy atom. The molecule has 5 heteroatoms. The van der Waals surface area contributed by atoms with Crippen molar-refractivity contribution >= 4 is 18.3 Å². The molecule has 0 spiro atoms. The van der Waals surface area contributed by atoms with Crippen molar-refractivity contribution in [2.45, 2.75) is 18.9 Å². The fourth-order valence-electron chi connectivity index (χ4n) is 2.58. The quantitative estimate of drug-likeness (QED) is 0.874. The van der Waals surface area contributed by atoms with Crippen molar-refractivity contribution in [1.29, 1.82) is 0 Å². The fraction of sp³-hybridized carbons (Fsp3) is 0.500. The lowest BCUT2D eigenvalue weighted by Crippen LogP contribution is -2.40. The van der Waals surface area contributed by atoms with Gasteiger partial charge in [-0.15, -0.1) is 12.4 Å². The van der Waals surface area contributed by atoms with Gasteiger partial charge in [-0.05, 0) is 37.1 Å². The predicted octanol–water partition coefficient (Wildman–Crippen LogP) is 1.14. The van der Waals surface area contributed by atoms with Crippen LogP contribution in [0.2, 0.25) is 0 Å². The van der Waals surface area contributed by atoms with Gasteiger partial charge in [0.05, 0.1) is 0 Å². The number of benzene rings is 1. The van der Waals surface area contributed by atoms with Crippen LogP contribution in [-0.2, 0) is 11.2 Å². The number of hydrogen-bond donors (Lipinski definition) is 2.